The molecule has 4 heteroatoms. The third kappa shape index (κ3) is 3.89. The first-order chi connectivity index (χ1) is 8.76. The molecule has 1 N–H and O–H groups in total. The van der Waals surface area contributed by atoms with Crippen LogP contribution < -0.4 is 14.8 Å². The van der Waals surface area contributed by atoms with Crippen LogP contribution >= 0.6 is 0 Å². The summed E-state index contributed by atoms with van der Waals surface area (Å²) < 4.78 is 16.2. The van der Waals surface area contributed by atoms with Crippen LogP contribution in [-0.2, 0) is 4.74 Å². The zero-order valence-corrected chi connectivity index (χ0v) is 11.7. The highest BCUT2D eigenvalue weighted by atomic mass is 16.5. The summed E-state index contributed by atoms with van der Waals surface area (Å²) in [7, 11) is 5.23. The minimum absolute atomic E-state index is 0.123. The Bertz CT molecular complexity index is 355. The van der Waals surface area contributed by atoms with E-state index in [-0.39, 0.29) is 6.04 Å². The van der Waals surface area contributed by atoms with Gasteiger partial charge in [-0.2, -0.15) is 0 Å². The van der Waals surface area contributed by atoms with Crippen molar-refractivity contribution in [3.05, 3.63) is 23.8 Å². The topological polar surface area (TPSA) is 39.7 Å². The lowest BCUT2D eigenvalue weighted by Crippen LogP contribution is -2.22. The van der Waals surface area contributed by atoms with Crippen molar-refractivity contribution >= 4 is 0 Å². The lowest BCUT2D eigenvalue weighted by molar-refractivity contribution is 0.113. The van der Waals surface area contributed by atoms with E-state index in [0.717, 1.165) is 30.1 Å². The van der Waals surface area contributed by atoms with E-state index in [4.69, 9.17) is 14.2 Å². The van der Waals surface area contributed by atoms with Crippen molar-refractivity contribution in [1.29, 1.82) is 0 Å². The Balaban J connectivity index is 2.83. The van der Waals surface area contributed by atoms with Crippen molar-refractivity contribution in [2.75, 3.05) is 34.5 Å². The van der Waals surface area contributed by atoms with Crippen LogP contribution in [0.2, 0.25) is 0 Å². The van der Waals surface area contributed by atoms with Crippen LogP contribution in [0.3, 0.4) is 0 Å². The molecule has 0 radical (unpaired) electrons. The zero-order chi connectivity index (χ0) is 13.4. The number of methoxy groups -OCH3 is 2. The van der Waals surface area contributed by atoms with Crippen LogP contribution in [0.5, 0.6) is 11.5 Å². The summed E-state index contributed by atoms with van der Waals surface area (Å²) >= 11 is 0. The molecule has 4 nitrogen and oxygen atoms in total. The van der Waals surface area contributed by atoms with Crippen LogP contribution in [0.1, 0.15) is 24.9 Å². The smallest absolute Gasteiger partial charge is 0.127 e. The van der Waals surface area contributed by atoms with Crippen LogP contribution in [0.4, 0.5) is 0 Å². The molecule has 1 atom stereocenters. The summed E-state index contributed by atoms with van der Waals surface area (Å²) in [4.78, 5) is 0. The summed E-state index contributed by atoms with van der Waals surface area (Å²) in [5, 5.41) is 3.24. The summed E-state index contributed by atoms with van der Waals surface area (Å²) in [6.45, 7) is 3.51. The summed E-state index contributed by atoms with van der Waals surface area (Å²) in [5.74, 6) is 1.61. The monoisotopic (exact) mass is 253 g/mol. The largest absolute Gasteiger partial charge is 0.497 e. The number of ether oxygens (including phenoxy) is 3. The Morgan fingerprint density at radius 2 is 2.00 bits per heavy atom. The third-order valence-electron chi connectivity index (χ3n) is 2.80. The van der Waals surface area contributed by atoms with Gasteiger partial charge in [0, 0.05) is 18.2 Å². The fourth-order valence-corrected chi connectivity index (χ4v) is 1.78. The van der Waals surface area contributed by atoms with Crippen molar-refractivity contribution in [2.45, 2.75) is 19.4 Å². The second kappa shape index (κ2) is 7.95. The van der Waals surface area contributed by atoms with E-state index in [2.05, 4.69) is 12.2 Å². The minimum atomic E-state index is 0.123. The molecule has 0 fully saturated rings. The van der Waals surface area contributed by atoms with Crippen molar-refractivity contribution in [2.24, 2.45) is 0 Å². The van der Waals surface area contributed by atoms with E-state index < -0.39 is 0 Å². The van der Waals surface area contributed by atoms with Crippen molar-refractivity contribution in [3.63, 3.8) is 0 Å². The first kappa shape index (κ1) is 14.8. The fraction of sp³-hybridized carbons (Fsp3) is 0.571. The van der Waals surface area contributed by atoms with Crippen LogP contribution in [-0.4, -0.2) is 34.5 Å². The van der Waals surface area contributed by atoms with Gasteiger partial charge in [0.05, 0.1) is 26.9 Å². The van der Waals surface area contributed by atoms with E-state index in [1.165, 1.54) is 0 Å². The van der Waals surface area contributed by atoms with Gasteiger partial charge < -0.3 is 19.5 Å². The maximum Gasteiger partial charge on any atom is 0.127 e. The van der Waals surface area contributed by atoms with Gasteiger partial charge in [0.1, 0.15) is 11.5 Å². The van der Waals surface area contributed by atoms with Gasteiger partial charge in [-0.1, -0.05) is 6.92 Å². The molecule has 0 aliphatic heterocycles. The first-order valence-electron chi connectivity index (χ1n) is 6.23. The molecule has 0 bridgehead atoms. The Morgan fingerprint density at radius 1 is 1.22 bits per heavy atom. The quantitative estimate of drug-likeness (QED) is 0.722. The molecule has 0 aliphatic rings. The fourth-order valence-electron chi connectivity index (χ4n) is 1.78. The predicted octanol–water partition coefficient (Wildman–Crippen LogP) is 2.39. The molecule has 102 valence electrons. The van der Waals surface area contributed by atoms with Gasteiger partial charge in [-0.3, -0.25) is 0 Å². The average Bonchev–Trinajstić information content (AvgIpc) is 2.43. The summed E-state index contributed by atoms with van der Waals surface area (Å²) in [6.07, 6.45) is 1.02. The molecular formula is C14H23NO3. The molecule has 0 aromatic heterocycles. The molecule has 1 rings (SSSR count). The average molecular weight is 253 g/mol. The van der Waals surface area contributed by atoms with E-state index in [9.17, 15) is 0 Å². The highest BCUT2D eigenvalue weighted by molar-refractivity contribution is 5.42. The highest BCUT2D eigenvalue weighted by Gasteiger charge is 2.15. The van der Waals surface area contributed by atoms with Gasteiger partial charge in [0.2, 0.25) is 0 Å². The van der Waals surface area contributed by atoms with E-state index in [1.54, 1.807) is 14.2 Å². The second-order valence-corrected chi connectivity index (χ2v) is 4.02. The highest BCUT2D eigenvalue weighted by Crippen LogP contribution is 2.29. The van der Waals surface area contributed by atoms with Crippen LogP contribution in [0.15, 0.2) is 18.2 Å². The molecule has 1 unspecified atom stereocenters. The van der Waals surface area contributed by atoms with E-state index >= 15 is 0 Å². The predicted molar refractivity (Wildman–Crippen MR) is 72.5 cm³/mol. The minimum Gasteiger partial charge on any atom is -0.497 e. The lowest BCUT2D eigenvalue weighted by Gasteiger charge is -2.20. The molecule has 1 aromatic rings. The molecule has 1 aromatic carbocycles. The maximum absolute atomic E-state index is 5.60. The van der Waals surface area contributed by atoms with Crippen molar-refractivity contribution in [3.8, 4) is 11.5 Å². The molecule has 0 saturated heterocycles. The van der Waals surface area contributed by atoms with E-state index in [1.807, 2.05) is 25.2 Å². The summed E-state index contributed by atoms with van der Waals surface area (Å²) in [6, 6.07) is 5.95. The maximum atomic E-state index is 5.60. The number of rotatable bonds is 8. The lowest BCUT2D eigenvalue weighted by atomic mass is 10.1. The molecule has 0 amide bonds. The summed E-state index contributed by atoms with van der Waals surface area (Å²) in [5.41, 5.74) is 1.08. The van der Waals surface area contributed by atoms with Gasteiger partial charge in [0.25, 0.3) is 0 Å². The van der Waals surface area contributed by atoms with Crippen LogP contribution in [0.25, 0.3) is 0 Å². The zero-order valence-electron chi connectivity index (χ0n) is 11.7. The Labute approximate surface area is 109 Å². The van der Waals surface area contributed by atoms with E-state index in [0.29, 0.717) is 6.61 Å². The molecular weight excluding hydrogens is 230 g/mol. The number of benzene rings is 1. The standard InChI is InChI=1S/C14H23NO3/c1-5-8-18-10-13(15-2)12-7-6-11(16-3)9-14(12)17-4/h6-7,9,13,15H,5,8,10H2,1-4H3. The normalized spacial score (nSPS) is 12.2. The molecule has 18 heavy (non-hydrogen) atoms. The Morgan fingerprint density at radius 3 is 2.56 bits per heavy atom. The Hall–Kier alpha value is -1.26. The number of likely N-dealkylation sites (N-methyl/N-ethyl adjacent to an activating group) is 1. The number of hydrogen-bond acceptors (Lipinski definition) is 4. The number of hydrogen-bond donors (Lipinski definition) is 1. The van der Waals surface area contributed by atoms with Gasteiger partial charge in [-0.25, -0.2) is 0 Å². The SMILES string of the molecule is CCCOCC(NC)c1ccc(OC)cc1OC. The molecule has 0 saturated carbocycles. The molecule has 0 heterocycles. The molecule has 0 aliphatic carbocycles. The third-order valence-corrected chi connectivity index (χ3v) is 2.80. The van der Waals surface area contributed by atoms with Crippen molar-refractivity contribution < 1.29 is 14.2 Å². The van der Waals surface area contributed by atoms with Gasteiger partial charge >= 0.3 is 0 Å². The van der Waals surface area contributed by atoms with Crippen LogP contribution in [0, 0.1) is 0 Å². The number of nitrogens with one attached hydrogen (secondary N) is 1. The first-order valence-corrected chi connectivity index (χ1v) is 6.23. The van der Waals surface area contributed by atoms with Gasteiger partial charge in [-0.15, -0.1) is 0 Å². The van der Waals surface area contributed by atoms with Gasteiger partial charge in [-0.05, 0) is 25.6 Å². The Kier molecular flexibility index (Phi) is 6.54. The second-order valence-electron chi connectivity index (χ2n) is 4.02. The molecule has 0 spiro atoms. The van der Waals surface area contributed by atoms with Gasteiger partial charge in [0.15, 0.2) is 0 Å². The van der Waals surface area contributed by atoms with Crippen molar-refractivity contribution in [1.82, 2.24) is 5.32 Å².